The van der Waals surface area contributed by atoms with Crippen LogP contribution >= 0.6 is 11.6 Å². The maximum absolute atomic E-state index is 12.8. The highest BCUT2D eigenvalue weighted by molar-refractivity contribution is 6.30. The fourth-order valence-corrected chi connectivity index (χ4v) is 2.90. The van der Waals surface area contributed by atoms with E-state index in [0.717, 1.165) is 29.9 Å². The number of carbonyl (C=O) groups excluding carboxylic acids is 1. The van der Waals surface area contributed by atoms with Crippen molar-refractivity contribution in [1.29, 1.82) is 0 Å². The summed E-state index contributed by atoms with van der Waals surface area (Å²) in [6.45, 7) is 5.98. The fourth-order valence-electron chi connectivity index (χ4n) is 2.71. The molecule has 1 aliphatic carbocycles. The molecule has 1 heterocycles. The molecule has 0 radical (unpaired) electrons. The lowest BCUT2D eigenvalue weighted by molar-refractivity contribution is -0.118. The van der Waals surface area contributed by atoms with Crippen LogP contribution in [0.15, 0.2) is 30.3 Å². The minimum atomic E-state index is -0.470. The molecule has 0 spiro atoms. The van der Waals surface area contributed by atoms with Crippen LogP contribution in [0.4, 0.5) is 5.82 Å². The molecule has 1 fully saturated rings. The summed E-state index contributed by atoms with van der Waals surface area (Å²) < 4.78 is 0. The van der Waals surface area contributed by atoms with E-state index in [0.29, 0.717) is 10.8 Å². The summed E-state index contributed by atoms with van der Waals surface area (Å²) in [6, 6.07) is 9.35. The van der Waals surface area contributed by atoms with Crippen LogP contribution in [0.5, 0.6) is 0 Å². The highest BCUT2D eigenvalue weighted by Crippen LogP contribution is 2.49. The minimum Gasteiger partial charge on any atom is -0.310 e. The molecular weight excluding hydrogens is 310 g/mol. The molecule has 2 aromatic rings. The van der Waals surface area contributed by atoms with Crippen molar-refractivity contribution in [3.8, 4) is 0 Å². The quantitative estimate of drug-likeness (QED) is 0.913. The van der Waals surface area contributed by atoms with Gasteiger partial charge in [0.2, 0.25) is 5.91 Å². The van der Waals surface area contributed by atoms with Crippen LogP contribution in [-0.4, -0.2) is 15.9 Å². The highest BCUT2D eigenvalue weighted by atomic mass is 35.5. The Morgan fingerprint density at radius 3 is 2.61 bits per heavy atom. The molecule has 1 aromatic heterocycles. The molecule has 23 heavy (non-hydrogen) atoms. The zero-order chi connectivity index (χ0) is 16.6. The summed E-state index contributed by atoms with van der Waals surface area (Å²) in [5, 5.41) is 3.62. The molecule has 120 valence electrons. The largest absolute Gasteiger partial charge is 0.310 e. The Kier molecular flexibility index (Phi) is 4.11. The van der Waals surface area contributed by atoms with Gasteiger partial charge in [-0.2, -0.15) is 0 Å². The van der Waals surface area contributed by atoms with Crippen LogP contribution < -0.4 is 5.32 Å². The van der Waals surface area contributed by atoms with E-state index < -0.39 is 5.41 Å². The molecule has 0 atom stereocenters. The molecule has 1 saturated carbocycles. The Morgan fingerprint density at radius 2 is 2.00 bits per heavy atom. The average Bonchev–Trinajstić information content (AvgIpc) is 3.28. The van der Waals surface area contributed by atoms with Crippen LogP contribution in [0.2, 0.25) is 5.02 Å². The lowest BCUT2D eigenvalue weighted by atomic mass is 9.95. The number of amides is 1. The van der Waals surface area contributed by atoms with E-state index in [2.05, 4.69) is 15.3 Å². The minimum absolute atomic E-state index is 0.0208. The van der Waals surface area contributed by atoms with E-state index >= 15 is 0 Å². The third-order valence-electron chi connectivity index (χ3n) is 4.19. The van der Waals surface area contributed by atoms with Crippen molar-refractivity contribution in [3.05, 3.63) is 52.4 Å². The number of anilines is 1. The molecule has 0 bridgehead atoms. The molecular formula is C18H20ClN3O. The van der Waals surface area contributed by atoms with Gasteiger partial charge in [-0.3, -0.25) is 4.79 Å². The number of benzene rings is 1. The first-order valence-electron chi connectivity index (χ1n) is 7.84. The Hall–Kier alpha value is -1.94. The second-order valence-electron chi connectivity index (χ2n) is 6.45. The predicted molar refractivity (Wildman–Crippen MR) is 91.9 cm³/mol. The standard InChI is InChI=1S/C18H20ClN3O/c1-11(2)16-20-12(3)9-15(21-16)22-17(23)18(7-8-18)13-5-4-6-14(19)10-13/h4-6,9-11H,7-8H2,1-3H3,(H,20,21,22,23). The first-order chi connectivity index (χ1) is 10.9. The Labute approximate surface area is 141 Å². The van der Waals surface area contributed by atoms with E-state index in [4.69, 9.17) is 11.6 Å². The Morgan fingerprint density at radius 1 is 1.26 bits per heavy atom. The smallest absolute Gasteiger partial charge is 0.236 e. The lowest BCUT2D eigenvalue weighted by Crippen LogP contribution is -2.28. The number of rotatable bonds is 4. The van der Waals surface area contributed by atoms with E-state index in [1.54, 1.807) is 6.07 Å². The van der Waals surface area contributed by atoms with Gasteiger partial charge in [-0.05, 0) is 37.5 Å². The zero-order valence-electron chi connectivity index (χ0n) is 13.6. The molecule has 0 saturated heterocycles. The molecule has 0 aliphatic heterocycles. The predicted octanol–water partition coefficient (Wildman–Crippen LogP) is 4.23. The fraction of sp³-hybridized carbons (Fsp3) is 0.389. The van der Waals surface area contributed by atoms with Crippen molar-refractivity contribution in [2.45, 2.75) is 44.9 Å². The van der Waals surface area contributed by atoms with Gasteiger partial charge in [0.05, 0.1) is 5.41 Å². The van der Waals surface area contributed by atoms with Gasteiger partial charge in [0.1, 0.15) is 11.6 Å². The second kappa shape index (κ2) is 5.93. The van der Waals surface area contributed by atoms with Crippen molar-refractivity contribution >= 4 is 23.3 Å². The molecule has 4 nitrogen and oxygen atoms in total. The first kappa shape index (κ1) is 15.9. The van der Waals surface area contributed by atoms with Gasteiger partial charge < -0.3 is 5.32 Å². The maximum atomic E-state index is 12.8. The first-order valence-corrected chi connectivity index (χ1v) is 8.21. The van der Waals surface area contributed by atoms with Gasteiger partial charge in [-0.1, -0.05) is 37.6 Å². The van der Waals surface area contributed by atoms with Crippen LogP contribution in [0.3, 0.4) is 0 Å². The summed E-state index contributed by atoms with van der Waals surface area (Å²) in [5.74, 6) is 1.51. The Balaban J connectivity index is 1.85. The van der Waals surface area contributed by atoms with E-state index in [9.17, 15) is 4.79 Å². The maximum Gasteiger partial charge on any atom is 0.236 e. The number of aromatic nitrogens is 2. The van der Waals surface area contributed by atoms with Crippen LogP contribution in [0, 0.1) is 6.92 Å². The van der Waals surface area contributed by atoms with Crippen molar-refractivity contribution in [2.75, 3.05) is 5.32 Å². The van der Waals surface area contributed by atoms with Gasteiger partial charge in [-0.25, -0.2) is 9.97 Å². The van der Waals surface area contributed by atoms with Crippen LogP contribution in [-0.2, 0) is 10.2 Å². The normalized spacial score (nSPS) is 15.5. The molecule has 3 rings (SSSR count). The van der Waals surface area contributed by atoms with Gasteiger partial charge in [0, 0.05) is 22.7 Å². The monoisotopic (exact) mass is 329 g/mol. The number of nitrogens with one attached hydrogen (secondary N) is 1. The van der Waals surface area contributed by atoms with Crippen LogP contribution in [0.1, 0.15) is 49.7 Å². The number of carbonyl (C=O) groups is 1. The van der Waals surface area contributed by atoms with Crippen molar-refractivity contribution in [2.24, 2.45) is 0 Å². The summed E-state index contributed by atoms with van der Waals surface area (Å²) in [5.41, 5.74) is 1.35. The van der Waals surface area contributed by atoms with E-state index in [1.165, 1.54) is 0 Å². The van der Waals surface area contributed by atoms with Crippen LogP contribution in [0.25, 0.3) is 0 Å². The molecule has 5 heteroatoms. The van der Waals surface area contributed by atoms with Crippen molar-refractivity contribution in [1.82, 2.24) is 9.97 Å². The molecule has 1 amide bonds. The zero-order valence-corrected chi connectivity index (χ0v) is 14.3. The molecule has 0 unspecified atom stereocenters. The summed E-state index contributed by atoms with van der Waals surface area (Å²) in [7, 11) is 0. The summed E-state index contributed by atoms with van der Waals surface area (Å²) in [6.07, 6.45) is 1.67. The Bertz CT molecular complexity index is 754. The number of nitrogens with zero attached hydrogens (tertiary/aromatic N) is 2. The topological polar surface area (TPSA) is 54.9 Å². The number of hydrogen-bond acceptors (Lipinski definition) is 3. The van der Waals surface area contributed by atoms with Gasteiger partial charge in [-0.15, -0.1) is 0 Å². The molecule has 1 aromatic carbocycles. The van der Waals surface area contributed by atoms with Gasteiger partial charge in [0.15, 0.2) is 0 Å². The van der Waals surface area contributed by atoms with E-state index in [1.807, 2.05) is 45.0 Å². The molecule has 1 aliphatic rings. The van der Waals surface area contributed by atoms with Gasteiger partial charge >= 0.3 is 0 Å². The van der Waals surface area contributed by atoms with Crippen molar-refractivity contribution < 1.29 is 4.79 Å². The number of hydrogen-bond donors (Lipinski definition) is 1. The second-order valence-corrected chi connectivity index (χ2v) is 6.89. The van der Waals surface area contributed by atoms with Gasteiger partial charge in [0.25, 0.3) is 0 Å². The van der Waals surface area contributed by atoms with E-state index in [-0.39, 0.29) is 11.8 Å². The average molecular weight is 330 g/mol. The highest BCUT2D eigenvalue weighted by Gasteiger charge is 2.51. The summed E-state index contributed by atoms with van der Waals surface area (Å²) in [4.78, 5) is 21.7. The number of halogens is 1. The molecule has 1 N–H and O–H groups in total. The SMILES string of the molecule is Cc1cc(NC(=O)C2(c3cccc(Cl)c3)CC2)nc(C(C)C)n1. The lowest BCUT2D eigenvalue weighted by Gasteiger charge is -2.16. The number of aryl methyl sites for hydroxylation is 1. The summed E-state index contributed by atoms with van der Waals surface area (Å²) >= 11 is 6.07. The third-order valence-corrected chi connectivity index (χ3v) is 4.43. The third kappa shape index (κ3) is 3.22. The van der Waals surface area contributed by atoms with Crippen molar-refractivity contribution in [3.63, 3.8) is 0 Å².